The lowest BCUT2D eigenvalue weighted by Gasteiger charge is -2.19. The smallest absolute Gasteiger partial charge is 0.233 e. The number of fused-ring (bicyclic) bond motifs is 2. The normalized spacial score (nSPS) is 24.2. The summed E-state index contributed by atoms with van der Waals surface area (Å²) in [5.41, 5.74) is 3.48. The Morgan fingerprint density at radius 2 is 1.96 bits per heavy atom. The van der Waals surface area contributed by atoms with Crippen molar-refractivity contribution in [1.29, 1.82) is 0 Å². The minimum atomic E-state index is -0.130. The van der Waals surface area contributed by atoms with Crippen molar-refractivity contribution in [1.82, 2.24) is 9.88 Å². The van der Waals surface area contributed by atoms with E-state index in [-0.39, 0.29) is 23.7 Å². The molecule has 118 valence electrons. The molecule has 23 heavy (non-hydrogen) atoms. The maximum absolute atomic E-state index is 12.6. The SMILES string of the molecule is CC1=CC[C@@H]2C(=O)N(CCc3c[nH]c4ccccc34)C(=O)[C@@H]2C1. The van der Waals surface area contributed by atoms with E-state index < -0.39 is 0 Å². The number of amides is 2. The third kappa shape index (κ3) is 2.29. The Bertz CT molecular complexity index is 818. The van der Waals surface area contributed by atoms with Gasteiger partial charge >= 0.3 is 0 Å². The molecule has 2 atom stereocenters. The van der Waals surface area contributed by atoms with Crippen LogP contribution in [0.15, 0.2) is 42.1 Å². The van der Waals surface area contributed by atoms with E-state index in [1.165, 1.54) is 15.9 Å². The second kappa shape index (κ2) is 5.37. The Labute approximate surface area is 135 Å². The number of benzene rings is 1. The van der Waals surface area contributed by atoms with Crippen LogP contribution in [0, 0.1) is 11.8 Å². The number of rotatable bonds is 3. The molecule has 2 heterocycles. The Hall–Kier alpha value is -2.36. The molecule has 2 aliphatic rings. The first-order valence-corrected chi connectivity index (χ1v) is 8.21. The third-order valence-electron chi connectivity index (χ3n) is 5.19. The first-order valence-electron chi connectivity index (χ1n) is 8.21. The maximum atomic E-state index is 12.6. The van der Waals surface area contributed by atoms with Crippen molar-refractivity contribution < 1.29 is 9.59 Å². The van der Waals surface area contributed by atoms with Crippen molar-refractivity contribution in [3.05, 3.63) is 47.7 Å². The molecule has 1 N–H and O–H groups in total. The Balaban J connectivity index is 1.51. The second-order valence-electron chi connectivity index (χ2n) is 6.64. The van der Waals surface area contributed by atoms with Gasteiger partial charge in [0.1, 0.15) is 0 Å². The Morgan fingerprint density at radius 1 is 1.17 bits per heavy atom. The first-order chi connectivity index (χ1) is 11.1. The molecule has 0 spiro atoms. The number of hydrogen-bond donors (Lipinski definition) is 1. The summed E-state index contributed by atoms with van der Waals surface area (Å²) in [5, 5.41) is 1.17. The summed E-state index contributed by atoms with van der Waals surface area (Å²) < 4.78 is 0. The van der Waals surface area contributed by atoms with Crippen LogP contribution in [0.3, 0.4) is 0 Å². The van der Waals surface area contributed by atoms with Crippen LogP contribution < -0.4 is 0 Å². The van der Waals surface area contributed by atoms with Crippen LogP contribution in [0.2, 0.25) is 0 Å². The fourth-order valence-electron chi connectivity index (χ4n) is 3.90. The van der Waals surface area contributed by atoms with E-state index in [1.54, 1.807) is 0 Å². The number of H-pyrrole nitrogens is 1. The van der Waals surface area contributed by atoms with Gasteiger partial charge in [0.15, 0.2) is 0 Å². The Morgan fingerprint density at radius 3 is 2.83 bits per heavy atom. The molecule has 0 radical (unpaired) electrons. The van der Waals surface area contributed by atoms with Gasteiger partial charge in [-0.3, -0.25) is 14.5 Å². The molecule has 1 saturated heterocycles. The predicted octanol–water partition coefficient (Wildman–Crippen LogP) is 3.05. The van der Waals surface area contributed by atoms with E-state index in [0.717, 1.165) is 17.5 Å². The number of carbonyl (C=O) groups excluding carboxylic acids is 2. The van der Waals surface area contributed by atoms with Gasteiger partial charge < -0.3 is 4.98 Å². The molecule has 1 aromatic heterocycles. The minimum absolute atomic E-state index is 0.0172. The molecule has 4 nitrogen and oxygen atoms in total. The first kappa shape index (κ1) is 14.2. The van der Waals surface area contributed by atoms with Gasteiger partial charge in [-0.15, -0.1) is 0 Å². The number of para-hydroxylation sites is 1. The molecule has 1 aliphatic carbocycles. The highest BCUT2D eigenvalue weighted by molar-refractivity contribution is 6.05. The van der Waals surface area contributed by atoms with E-state index in [4.69, 9.17) is 0 Å². The topological polar surface area (TPSA) is 53.2 Å². The van der Waals surface area contributed by atoms with Gasteiger partial charge in [0.2, 0.25) is 11.8 Å². The molecule has 1 fully saturated rings. The van der Waals surface area contributed by atoms with Crippen molar-refractivity contribution in [2.75, 3.05) is 6.54 Å². The van der Waals surface area contributed by atoms with Gasteiger partial charge in [-0.1, -0.05) is 29.8 Å². The molecular weight excluding hydrogens is 288 g/mol. The number of carbonyl (C=O) groups is 2. The number of likely N-dealkylation sites (tertiary alicyclic amines) is 1. The van der Waals surface area contributed by atoms with Crippen molar-refractivity contribution in [2.24, 2.45) is 11.8 Å². The standard InChI is InChI=1S/C19H20N2O2/c1-12-6-7-15-16(10-12)19(23)21(18(15)22)9-8-13-11-20-17-5-3-2-4-14(13)17/h2-6,11,15-16,20H,7-10H2,1H3/t15-,16+/m0/s1. The maximum Gasteiger partial charge on any atom is 0.233 e. The van der Waals surface area contributed by atoms with Crippen LogP contribution in [0.4, 0.5) is 0 Å². The van der Waals surface area contributed by atoms with Gasteiger partial charge in [-0.05, 0) is 37.8 Å². The van der Waals surface area contributed by atoms with E-state index in [0.29, 0.717) is 19.4 Å². The summed E-state index contributed by atoms with van der Waals surface area (Å²) in [7, 11) is 0. The van der Waals surface area contributed by atoms with Crippen LogP contribution in [0.5, 0.6) is 0 Å². The minimum Gasteiger partial charge on any atom is -0.361 e. The average molecular weight is 308 g/mol. The molecule has 4 heteroatoms. The summed E-state index contributed by atoms with van der Waals surface area (Å²) in [6.07, 6.45) is 6.24. The molecule has 4 rings (SSSR count). The van der Waals surface area contributed by atoms with Crippen LogP contribution in [0.25, 0.3) is 10.9 Å². The zero-order chi connectivity index (χ0) is 16.0. The van der Waals surface area contributed by atoms with E-state index in [9.17, 15) is 9.59 Å². The zero-order valence-corrected chi connectivity index (χ0v) is 13.2. The molecule has 1 aliphatic heterocycles. The van der Waals surface area contributed by atoms with Gasteiger partial charge in [0, 0.05) is 23.6 Å². The van der Waals surface area contributed by atoms with E-state index in [2.05, 4.69) is 17.1 Å². The number of nitrogens with zero attached hydrogens (tertiary/aromatic N) is 1. The summed E-state index contributed by atoms with van der Waals surface area (Å²) in [6, 6.07) is 8.11. The predicted molar refractivity (Wildman–Crippen MR) is 88.7 cm³/mol. The van der Waals surface area contributed by atoms with Gasteiger partial charge in [0.25, 0.3) is 0 Å². The quantitative estimate of drug-likeness (QED) is 0.700. The van der Waals surface area contributed by atoms with E-state index >= 15 is 0 Å². The molecule has 0 unspecified atom stereocenters. The molecular formula is C19H20N2O2. The third-order valence-corrected chi connectivity index (χ3v) is 5.19. The number of aromatic nitrogens is 1. The van der Waals surface area contributed by atoms with Crippen molar-refractivity contribution in [3.63, 3.8) is 0 Å². The van der Waals surface area contributed by atoms with Crippen molar-refractivity contribution >= 4 is 22.7 Å². The van der Waals surface area contributed by atoms with Crippen LogP contribution in [-0.2, 0) is 16.0 Å². The molecule has 1 aromatic carbocycles. The fraction of sp³-hybridized carbons (Fsp3) is 0.368. The Kier molecular flexibility index (Phi) is 3.33. The number of hydrogen-bond acceptors (Lipinski definition) is 2. The average Bonchev–Trinajstić information content (AvgIpc) is 3.06. The van der Waals surface area contributed by atoms with Gasteiger partial charge in [-0.2, -0.15) is 0 Å². The molecule has 0 saturated carbocycles. The van der Waals surface area contributed by atoms with Crippen LogP contribution in [0.1, 0.15) is 25.3 Å². The second-order valence-corrected chi connectivity index (χ2v) is 6.64. The lowest BCUT2D eigenvalue weighted by molar-refractivity contribution is -0.139. The highest BCUT2D eigenvalue weighted by Gasteiger charge is 2.47. The lowest BCUT2D eigenvalue weighted by atomic mass is 9.82. The molecule has 2 amide bonds. The summed E-state index contributed by atoms with van der Waals surface area (Å²) in [5.74, 6) is -0.222. The number of imide groups is 1. The van der Waals surface area contributed by atoms with E-state index in [1.807, 2.05) is 31.3 Å². The van der Waals surface area contributed by atoms with Crippen LogP contribution in [-0.4, -0.2) is 28.2 Å². The number of aromatic amines is 1. The van der Waals surface area contributed by atoms with Gasteiger partial charge in [0.05, 0.1) is 11.8 Å². The number of nitrogens with one attached hydrogen (secondary N) is 1. The summed E-state index contributed by atoms with van der Waals surface area (Å²) in [4.78, 5) is 29.9. The molecule has 0 bridgehead atoms. The number of allylic oxidation sites excluding steroid dienone is 2. The van der Waals surface area contributed by atoms with Crippen molar-refractivity contribution in [2.45, 2.75) is 26.2 Å². The molecule has 2 aromatic rings. The highest BCUT2D eigenvalue weighted by atomic mass is 16.2. The van der Waals surface area contributed by atoms with Crippen LogP contribution >= 0.6 is 0 Å². The van der Waals surface area contributed by atoms with Gasteiger partial charge in [-0.25, -0.2) is 0 Å². The lowest BCUT2D eigenvalue weighted by Crippen LogP contribution is -2.33. The monoisotopic (exact) mass is 308 g/mol. The zero-order valence-electron chi connectivity index (χ0n) is 13.2. The fourth-order valence-corrected chi connectivity index (χ4v) is 3.90. The summed E-state index contributed by atoms with van der Waals surface area (Å²) in [6.45, 7) is 2.52. The largest absolute Gasteiger partial charge is 0.361 e. The van der Waals surface area contributed by atoms with Crippen molar-refractivity contribution in [3.8, 4) is 0 Å². The highest BCUT2D eigenvalue weighted by Crippen LogP contribution is 2.37. The summed E-state index contributed by atoms with van der Waals surface area (Å²) >= 11 is 0.